The van der Waals surface area contributed by atoms with Crippen molar-refractivity contribution in [2.45, 2.75) is 6.54 Å². The highest BCUT2D eigenvalue weighted by molar-refractivity contribution is 6.36. The monoisotopic (exact) mass is 453 g/mol. The molecule has 0 atom stereocenters. The molecule has 0 bridgehead atoms. The van der Waals surface area contributed by atoms with Gasteiger partial charge in [0.1, 0.15) is 18.9 Å². The lowest BCUT2D eigenvalue weighted by molar-refractivity contribution is -0.385. The van der Waals surface area contributed by atoms with Crippen LogP contribution in [0.15, 0.2) is 35.1 Å². The number of carbonyl (C=O) groups is 2. The third-order valence-electron chi connectivity index (χ3n) is 3.67. The zero-order chi connectivity index (χ0) is 21.7. The molecule has 0 aliphatic heterocycles. The lowest BCUT2D eigenvalue weighted by Crippen LogP contribution is -2.34. The number of rotatable bonds is 8. The van der Waals surface area contributed by atoms with E-state index in [1.165, 1.54) is 23.0 Å². The van der Waals surface area contributed by atoms with Crippen LogP contribution in [0.5, 0.6) is 0 Å². The molecule has 12 nitrogen and oxygen atoms in total. The molecule has 0 fully saturated rings. The number of nitrogens with zero attached hydrogens (tertiary/aromatic N) is 5. The quantitative estimate of drug-likeness (QED) is 0.296. The number of halogens is 2. The first kappa shape index (κ1) is 21.2. The number of nitro groups is 1. The van der Waals surface area contributed by atoms with Crippen molar-refractivity contribution in [3.63, 3.8) is 0 Å². The first-order valence-corrected chi connectivity index (χ1v) is 9.10. The second-order valence-corrected chi connectivity index (χ2v) is 6.65. The Kier molecular flexibility index (Phi) is 6.59. The molecule has 0 saturated carbocycles. The van der Waals surface area contributed by atoms with Crippen LogP contribution in [0.1, 0.15) is 26.9 Å². The van der Waals surface area contributed by atoms with Crippen LogP contribution in [-0.4, -0.2) is 49.7 Å². The Balaban J connectivity index is 1.46. The smallest absolute Gasteiger partial charge is 0.316 e. The Labute approximate surface area is 178 Å². The molecule has 0 spiro atoms. The normalized spacial score (nSPS) is 10.6. The highest BCUT2D eigenvalue weighted by atomic mass is 35.5. The summed E-state index contributed by atoms with van der Waals surface area (Å²) in [5.41, 5.74) is 0.0752. The lowest BCUT2D eigenvalue weighted by Gasteiger charge is -2.07. The molecule has 14 heteroatoms. The van der Waals surface area contributed by atoms with Gasteiger partial charge in [0.05, 0.1) is 15.5 Å². The van der Waals surface area contributed by atoms with Gasteiger partial charge >= 0.3 is 17.5 Å². The van der Waals surface area contributed by atoms with Crippen LogP contribution in [0.2, 0.25) is 10.0 Å². The van der Waals surface area contributed by atoms with Crippen molar-refractivity contribution in [3.05, 3.63) is 68.0 Å². The van der Waals surface area contributed by atoms with Gasteiger partial charge in [-0.25, -0.2) is 0 Å². The van der Waals surface area contributed by atoms with Gasteiger partial charge in [0.2, 0.25) is 0 Å². The minimum atomic E-state index is -0.640. The van der Waals surface area contributed by atoms with Crippen molar-refractivity contribution in [1.82, 2.24) is 30.6 Å². The summed E-state index contributed by atoms with van der Waals surface area (Å²) < 4.78 is 6.10. The van der Waals surface area contributed by atoms with Crippen molar-refractivity contribution in [2.75, 3.05) is 13.1 Å². The maximum atomic E-state index is 12.1. The van der Waals surface area contributed by atoms with Gasteiger partial charge in [-0.15, -0.1) is 0 Å². The minimum Gasteiger partial charge on any atom is -0.350 e. The summed E-state index contributed by atoms with van der Waals surface area (Å²) >= 11 is 11.7. The SMILES string of the molecule is O=C(NCCNC(=O)c1ccc(Cl)cc1Cl)c1nc(Cn2cc([N+](=O)[O-])cn2)no1. The predicted molar refractivity (Wildman–Crippen MR) is 103 cm³/mol. The Morgan fingerprint density at radius 2 is 1.93 bits per heavy atom. The highest BCUT2D eigenvalue weighted by Crippen LogP contribution is 2.20. The van der Waals surface area contributed by atoms with E-state index in [9.17, 15) is 19.7 Å². The summed E-state index contributed by atoms with van der Waals surface area (Å²) in [6.45, 7) is 0.211. The fourth-order valence-corrected chi connectivity index (χ4v) is 2.78. The average molecular weight is 454 g/mol. The number of amides is 2. The minimum absolute atomic E-state index is 0.0114. The number of aromatic nitrogens is 4. The van der Waals surface area contributed by atoms with Gasteiger partial charge in [-0.05, 0) is 18.2 Å². The number of nitrogens with one attached hydrogen (secondary N) is 2. The molecule has 2 N–H and O–H groups in total. The zero-order valence-electron chi connectivity index (χ0n) is 15.0. The van der Waals surface area contributed by atoms with Crippen molar-refractivity contribution in [1.29, 1.82) is 0 Å². The van der Waals surface area contributed by atoms with E-state index < -0.39 is 16.7 Å². The van der Waals surface area contributed by atoms with Crippen LogP contribution in [0, 0.1) is 10.1 Å². The number of hydrogen-bond donors (Lipinski definition) is 2. The van der Waals surface area contributed by atoms with Crippen LogP contribution >= 0.6 is 23.2 Å². The average Bonchev–Trinajstić information content (AvgIpc) is 3.35. The van der Waals surface area contributed by atoms with Crippen LogP contribution in [0.3, 0.4) is 0 Å². The summed E-state index contributed by atoms with van der Waals surface area (Å²) in [5, 5.41) is 23.8. The highest BCUT2D eigenvalue weighted by Gasteiger charge is 2.17. The van der Waals surface area contributed by atoms with Crippen molar-refractivity contribution in [2.24, 2.45) is 0 Å². The topological polar surface area (TPSA) is 158 Å². The van der Waals surface area contributed by atoms with E-state index >= 15 is 0 Å². The third-order valence-corrected chi connectivity index (χ3v) is 4.22. The van der Waals surface area contributed by atoms with Gasteiger partial charge < -0.3 is 15.2 Å². The zero-order valence-corrected chi connectivity index (χ0v) is 16.6. The second-order valence-electron chi connectivity index (χ2n) is 5.80. The largest absolute Gasteiger partial charge is 0.350 e. The third kappa shape index (κ3) is 5.30. The molecular weight excluding hydrogens is 441 g/mol. The van der Waals surface area contributed by atoms with E-state index in [2.05, 4.69) is 25.9 Å². The first-order valence-electron chi connectivity index (χ1n) is 8.34. The van der Waals surface area contributed by atoms with E-state index in [1.807, 2.05) is 0 Å². The van der Waals surface area contributed by atoms with Gasteiger partial charge in [-0.1, -0.05) is 28.4 Å². The Hall–Kier alpha value is -3.51. The maximum absolute atomic E-state index is 12.1. The summed E-state index contributed by atoms with van der Waals surface area (Å²) in [6, 6.07) is 4.49. The van der Waals surface area contributed by atoms with Crippen molar-refractivity contribution >= 4 is 40.7 Å². The van der Waals surface area contributed by atoms with Crippen LogP contribution in [0.25, 0.3) is 0 Å². The number of benzene rings is 1. The molecule has 3 aromatic rings. The molecule has 0 radical (unpaired) electrons. The lowest BCUT2D eigenvalue weighted by atomic mass is 10.2. The molecule has 30 heavy (non-hydrogen) atoms. The van der Waals surface area contributed by atoms with E-state index in [0.29, 0.717) is 5.02 Å². The molecule has 3 rings (SSSR count). The van der Waals surface area contributed by atoms with E-state index in [-0.39, 0.29) is 47.6 Å². The molecule has 1 aromatic carbocycles. The standard InChI is InChI=1S/C16H13Cl2N7O5/c17-9-1-2-11(12(18)5-9)14(26)19-3-4-20-15(27)16-22-13(23-30-16)8-24-7-10(6-21-24)25(28)29/h1-2,5-7H,3-4,8H2,(H,19,26)(H,20,27). The Morgan fingerprint density at radius 1 is 1.20 bits per heavy atom. The predicted octanol–water partition coefficient (Wildman–Crippen LogP) is 1.69. The summed E-state index contributed by atoms with van der Waals surface area (Å²) in [5.74, 6) is -1.24. The first-order chi connectivity index (χ1) is 14.3. The molecule has 156 valence electrons. The number of carbonyl (C=O) groups excluding carboxylic acids is 2. The fraction of sp³-hybridized carbons (Fsp3) is 0.188. The van der Waals surface area contributed by atoms with Crippen LogP contribution in [0.4, 0.5) is 5.69 Å². The van der Waals surface area contributed by atoms with Gasteiger partial charge in [0.15, 0.2) is 5.82 Å². The van der Waals surface area contributed by atoms with Crippen LogP contribution < -0.4 is 10.6 Å². The second kappa shape index (κ2) is 9.33. The maximum Gasteiger partial charge on any atom is 0.316 e. The molecular formula is C16H13Cl2N7O5. The molecule has 0 unspecified atom stereocenters. The molecule has 0 aliphatic carbocycles. The Morgan fingerprint density at radius 3 is 2.60 bits per heavy atom. The molecule has 0 aliphatic rings. The van der Waals surface area contributed by atoms with Gasteiger partial charge in [-0.3, -0.25) is 24.4 Å². The van der Waals surface area contributed by atoms with Gasteiger partial charge in [0.25, 0.3) is 5.91 Å². The summed E-state index contributed by atoms with van der Waals surface area (Å²) in [6.07, 6.45) is 2.28. The molecule has 0 saturated heterocycles. The van der Waals surface area contributed by atoms with Gasteiger partial charge in [0, 0.05) is 18.1 Å². The number of hydrogen-bond acceptors (Lipinski definition) is 8. The van der Waals surface area contributed by atoms with Gasteiger partial charge in [-0.2, -0.15) is 10.1 Å². The van der Waals surface area contributed by atoms with E-state index in [4.69, 9.17) is 27.7 Å². The molecule has 2 heterocycles. The molecule has 2 amide bonds. The van der Waals surface area contributed by atoms with E-state index in [1.54, 1.807) is 6.07 Å². The van der Waals surface area contributed by atoms with Crippen molar-refractivity contribution < 1.29 is 19.0 Å². The molecule has 2 aromatic heterocycles. The fourth-order valence-electron chi connectivity index (χ4n) is 2.29. The van der Waals surface area contributed by atoms with E-state index in [0.717, 1.165) is 6.20 Å². The Bertz CT molecular complexity index is 1100. The van der Waals surface area contributed by atoms with Crippen molar-refractivity contribution in [3.8, 4) is 0 Å². The summed E-state index contributed by atoms with van der Waals surface area (Å²) in [7, 11) is 0. The summed E-state index contributed by atoms with van der Waals surface area (Å²) in [4.78, 5) is 38.1. The van der Waals surface area contributed by atoms with Crippen LogP contribution in [-0.2, 0) is 6.54 Å².